The summed E-state index contributed by atoms with van der Waals surface area (Å²) in [7, 11) is 1.64. The summed E-state index contributed by atoms with van der Waals surface area (Å²) in [6, 6.07) is 6.17. The van der Waals surface area contributed by atoms with Gasteiger partial charge in [0.15, 0.2) is 0 Å². The molecule has 0 spiro atoms. The van der Waals surface area contributed by atoms with Gasteiger partial charge in [-0.3, -0.25) is 4.79 Å². The fourth-order valence-corrected chi connectivity index (χ4v) is 3.26. The Labute approximate surface area is 128 Å². The van der Waals surface area contributed by atoms with E-state index < -0.39 is 0 Å². The molecular formula is C15H21BrN2O2. The van der Waals surface area contributed by atoms with E-state index in [1.165, 1.54) is 0 Å². The van der Waals surface area contributed by atoms with Crippen LogP contribution in [0.25, 0.3) is 0 Å². The van der Waals surface area contributed by atoms with Crippen LogP contribution in [-0.2, 0) is 11.2 Å². The van der Waals surface area contributed by atoms with E-state index in [4.69, 9.17) is 10.5 Å². The van der Waals surface area contributed by atoms with Crippen LogP contribution < -0.4 is 10.5 Å². The number of hydrogen-bond donors (Lipinski definition) is 1. The van der Waals surface area contributed by atoms with Crippen molar-refractivity contribution >= 4 is 21.8 Å². The summed E-state index contributed by atoms with van der Waals surface area (Å²) in [4.78, 5) is 14.2. The van der Waals surface area contributed by atoms with Crippen LogP contribution >= 0.6 is 15.9 Å². The molecule has 0 bridgehead atoms. The minimum Gasteiger partial charge on any atom is -0.496 e. The standard InChI is InChI=1S/C15H21BrN2O2/c1-20-14-6-4-11(9-13(14)16)5-7-15(19)18-8-2-3-12(18)10-17/h4,6,9,12H,2-3,5,7-8,10,17H2,1H3/t12-/m1/s1. The van der Waals surface area contributed by atoms with Crippen LogP contribution in [0.3, 0.4) is 0 Å². The van der Waals surface area contributed by atoms with Gasteiger partial charge in [0.1, 0.15) is 5.75 Å². The summed E-state index contributed by atoms with van der Waals surface area (Å²) in [6.07, 6.45) is 3.39. The molecule has 5 heteroatoms. The second kappa shape index (κ2) is 7.09. The van der Waals surface area contributed by atoms with Crippen LogP contribution in [0.4, 0.5) is 0 Å². The molecule has 1 aromatic carbocycles. The largest absolute Gasteiger partial charge is 0.496 e. The molecule has 1 amide bonds. The zero-order chi connectivity index (χ0) is 14.5. The molecule has 1 aliphatic heterocycles. The molecule has 0 unspecified atom stereocenters. The molecule has 0 saturated carbocycles. The third-order valence-corrected chi connectivity index (χ3v) is 4.43. The van der Waals surface area contributed by atoms with Crippen molar-refractivity contribution in [2.75, 3.05) is 20.2 Å². The van der Waals surface area contributed by atoms with Crippen molar-refractivity contribution in [2.24, 2.45) is 5.73 Å². The van der Waals surface area contributed by atoms with Crippen LogP contribution in [0, 0.1) is 0 Å². The number of ether oxygens (including phenoxy) is 1. The van der Waals surface area contributed by atoms with E-state index in [0.29, 0.717) is 13.0 Å². The Morgan fingerprint density at radius 2 is 2.35 bits per heavy atom. The molecule has 1 saturated heterocycles. The zero-order valence-electron chi connectivity index (χ0n) is 11.8. The number of nitrogens with two attached hydrogens (primary N) is 1. The van der Waals surface area contributed by atoms with Crippen molar-refractivity contribution in [1.82, 2.24) is 4.90 Å². The van der Waals surface area contributed by atoms with E-state index in [-0.39, 0.29) is 11.9 Å². The molecule has 2 N–H and O–H groups in total. The number of carbonyl (C=O) groups excluding carboxylic acids is 1. The molecule has 1 atom stereocenters. The van der Waals surface area contributed by atoms with Crippen molar-refractivity contribution in [1.29, 1.82) is 0 Å². The predicted molar refractivity (Wildman–Crippen MR) is 82.8 cm³/mol. The fourth-order valence-electron chi connectivity index (χ4n) is 2.67. The van der Waals surface area contributed by atoms with Gasteiger partial charge in [0.25, 0.3) is 0 Å². The van der Waals surface area contributed by atoms with Gasteiger partial charge >= 0.3 is 0 Å². The highest BCUT2D eigenvalue weighted by molar-refractivity contribution is 9.10. The first kappa shape index (κ1) is 15.3. The van der Waals surface area contributed by atoms with E-state index in [0.717, 1.165) is 41.6 Å². The van der Waals surface area contributed by atoms with Crippen LogP contribution in [-0.4, -0.2) is 37.0 Å². The number of amides is 1. The summed E-state index contributed by atoms with van der Waals surface area (Å²) in [5.41, 5.74) is 6.84. The van der Waals surface area contributed by atoms with E-state index in [9.17, 15) is 4.79 Å². The lowest BCUT2D eigenvalue weighted by atomic mass is 10.1. The number of hydrogen-bond acceptors (Lipinski definition) is 3. The highest BCUT2D eigenvalue weighted by Crippen LogP contribution is 2.26. The monoisotopic (exact) mass is 340 g/mol. The second-order valence-corrected chi connectivity index (χ2v) is 5.94. The minimum atomic E-state index is 0.213. The van der Waals surface area contributed by atoms with Crippen LogP contribution in [0.1, 0.15) is 24.8 Å². The van der Waals surface area contributed by atoms with Gasteiger partial charge in [0, 0.05) is 25.6 Å². The maximum atomic E-state index is 12.2. The lowest BCUT2D eigenvalue weighted by Crippen LogP contribution is -2.39. The molecule has 1 aromatic rings. The van der Waals surface area contributed by atoms with Gasteiger partial charge in [-0.05, 0) is 52.9 Å². The third-order valence-electron chi connectivity index (χ3n) is 3.81. The Bertz CT molecular complexity index is 479. The smallest absolute Gasteiger partial charge is 0.223 e. The van der Waals surface area contributed by atoms with Crippen molar-refractivity contribution in [3.63, 3.8) is 0 Å². The molecule has 1 heterocycles. The van der Waals surface area contributed by atoms with E-state index >= 15 is 0 Å². The fraction of sp³-hybridized carbons (Fsp3) is 0.533. The zero-order valence-corrected chi connectivity index (χ0v) is 13.4. The number of halogens is 1. The first-order valence-corrected chi connectivity index (χ1v) is 7.77. The summed E-state index contributed by atoms with van der Waals surface area (Å²) < 4.78 is 6.12. The van der Waals surface area contributed by atoms with Crippen molar-refractivity contribution in [3.8, 4) is 5.75 Å². The maximum Gasteiger partial charge on any atom is 0.223 e. The first-order chi connectivity index (χ1) is 9.65. The van der Waals surface area contributed by atoms with Crippen LogP contribution in [0.5, 0.6) is 5.75 Å². The van der Waals surface area contributed by atoms with Crippen LogP contribution in [0.2, 0.25) is 0 Å². The molecule has 1 fully saturated rings. The maximum absolute atomic E-state index is 12.2. The summed E-state index contributed by atoms with van der Waals surface area (Å²) in [5, 5.41) is 0. The van der Waals surface area contributed by atoms with Gasteiger partial charge in [0.2, 0.25) is 5.91 Å². The van der Waals surface area contributed by atoms with E-state index in [2.05, 4.69) is 15.9 Å². The highest BCUT2D eigenvalue weighted by atomic mass is 79.9. The van der Waals surface area contributed by atoms with Gasteiger partial charge in [-0.2, -0.15) is 0 Å². The molecular weight excluding hydrogens is 320 g/mol. The number of methoxy groups -OCH3 is 1. The Morgan fingerprint density at radius 1 is 1.55 bits per heavy atom. The summed E-state index contributed by atoms with van der Waals surface area (Å²) in [6.45, 7) is 1.42. The van der Waals surface area contributed by atoms with Crippen molar-refractivity contribution in [2.45, 2.75) is 31.7 Å². The first-order valence-electron chi connectivity index (χ1n) is 6.97. The molecule has 0 radical (unpaired) electrons. The molecule has 0 aromatic heterocycles. The molecule has 20 heavy (non-hydrogen) atoms. The Hall–Kier alpha value is -1.07. The van der Waals surface area contributed by atoms with E-state index in [1.54, 1.807) is 7.11 Å². The van der Waals surface area contributed by atoms with Crippen molar-refractivity contribution < 1.29 is 9.53 Å². The van der Waals surface area contributed by atoms with Gasteiger partial charge in [-0.1, -0.05) is 6.07 Å². The number of nitrogens with zero attached hydrogens (tertiary/aromatic N) is 1. The second-order valence-electron chi connectivity index (χ2n) is 5.09. The summed E-state index contributed by atoms with van der Waals surface area (Å²) in [5.74, 6) is 1.02. The van der Waals surface area contributed by atoms with Gasteiger partial charge in [-0.25, -0.2) is 0 Å². The average Bonchev–Trinajstić information content (AvgIpc) is 2.93. The minimum absolute atomic E-state index is 0.213. The molecule has 1 aliphatic rings. The number of benzene rings is 1. The molecule has 0 aliphatic carbocycles. The third kappa shape index (κ3) is 3.52. The molecule has 110 valence electrons. The van der Waals surface area contributed by atoms with Crippen molar-refractivity contribution in [3.05, 3.63) is 28.2 Å². The Morgan fingerprint density at radius 3 is 3.00 bits per heavy atom. The van der Waals surface area contributed by atoms with Gasteiger partial charge < -0.3 is 15.4 Å². The number of aryl methyl sites for hydroxylation is 1. The topological polar surface area (TPSA) is 55.6 Å². The predicted octanol–water partition coefficient (Wildman–Crippen LogP) is 2.34. The number of rotatable bonds is 5. The average molecular weight is 341 g/mol. The van der Waals surface area contributed by atoms with Crippen LogP contribution in [0.15, 0.2) is 22.7 Å². The van der Waals surface area contributed by atoms with Gasteiger partial charge in [-0.15, -0.1) is 0 Å². The quantitative estimate of drug-likeness (QED) is 0.894. The lowest BCUT2D eigenvalue weighted by Gasteiger charge is -2.23. The number of likely N-dealkylation sites (tertiary alicyclic amines) is 1. The molecule has 4 nitrogen and oxygen atoms in total. The molecule has 2 rings (SSSR count). The highest BCUT2D eigenvalue weighted by Gasteiger charge is 2.26. The Kier molecular flexibility index (Phi) is 5.43. The SMILES string of the molecule is COc1ccc(CCC(=O)N2CCC[C@@H]2CN)cc1Br. The Balaban J connectivity index is 1.91. The van der Waals surface area contributed by atoms with Gasteiger partial charge in [0.05, 0.1) is 11.6 Å². The number of carbonyl (C=O) groups is 1. The summed E-state index contributed by atoms with van der Waals surface area (Å²) >= 11 is 3.46. The van der Waals surface area contributed by atoms with E-state index in [1.807, 2.05) is 23.1 Å². The normalized spacial score (nSPS) is 18.4. The lowest BCUT2D eigenvalue weighted by molar-refractivity contribution is -0.131.